The van der Waals surface area contributed by atoms with Crippen molar-refractivity contribution in [3.05, 3.63) is 46.3 Å². The third kappa shape index (κ3) is 4.64. The van der Waals surface area contributed by atoms with Crippen LogP contribution in [0.2, 0.25) is 0 Å². The molecule has 1 fully saturated rings. The predicted molar refractivity (Wildman–Crippen MR) is 107 cm³/mol. The second-order valence-electron chi connectivity index (χ2n) is 6.02. The van der Waals surface area contributed by atoms with Gasteiger partial charge in [-0.2, -0.15) is 4.31 Å². The molecule has 1 aromatic carbocycles. The fourth-order valence-electron chi connectivity index (χ4n) is 2.95. The minimum atomic E-state index is -3.55. The van der Waals surface area contributed by atoms with Crippen molar-refractivity contribution in [2.75, 3.05) is 18.4 Å². The largest absolute Gasteiger partial charge is 0.336 e. The van der Waals surface area contributed by atoms with E-state index in [0.29, 0.717) is 16.4 Å². The van der Waals surface area contributed by atoms with Crippen molar-refractivity contribution in [2.24, 2.45) is 0 Å². The van der Waals surface area contributed by atoms with Crippen LogP contribution in [0.4, 0.5) is 10.5 Å². The molecule has 1 unspecified atom stereocenters. The Hall–Kier alpha value is -1.42. The number of sulfonamides is 1. The Kier molecular flexibility index (Phi) is 6.33. The molecule has 1 aromatic heterocycles. The van der Waals surface area contributed by atoms with Crippen molar-refractivity contribution in [3.8, 4) is 0 Å². The van der Waals surface area contributed by atoms with Crippen molar-refractivity contribution in [1.82, 2.24) is 9.62 Å². The van der Waals surface area contributed by atoms with Gasteiger partial charge in [0.25, 0.3) is 10.0 Å². The van der Waals surface area contributed by atoms with Crippen molar-refractivity contribution < 1.29 is 13.2 Å². The summed E-state index contributed by atoms with van der Waals surface area (Å²) in [6, 6.07) is 11.9. The van der Waals surface area contributed by atoms with Gasteiger partial charge in [-0.25, -0.2) is 13.2 Å². The summed E-state index contributed by atoms with van der Waals surface area (Å²) >= 11 is 4.52. The zero-order chi connectivity index (χ0) is 18.6. The number of hydrogen-bond acceptors (Lipinski definition) is 4. The molecule has 1 atom stereocenters. The van der Waals surface area contributed by atoms with E-state index in [0.717, 1.165) is 23.0 Å². The number of anilines is 1. The first-order valence-corrected chi connectivity index (χ1v) is 11.4. The molecule has 26 heavy (non-hydrogen) atoms. The van der Waals surface area contributed by atoms with E-state index in [4.69, 9.17) is 0 Å². The summed E-state index contributed by atoms with van der Waals surface area (Å²) in [7, 11) is -3.55. The summed E-state index contributed by atoms with van der Waals surface area (Å²) in [6.45, 7) is 0.759. The van der Waals surface area contributed by atoms with E-state index in [1.807, 2.05) is 18.2 Å². The standard InChI is InChI=1S/C17H20BrN3O3S2/c18-15-9-10-16(25-15)26(23,24)21-11-5-4-8-14(21)12-19-17(22)20-13-6-2-1-3-7-13/h1-3,6-7,9-10,14H,4-5,8,11-12H2,(H2,19,20,22). The first-order chi connectivity index (χ1) is 12.5. The van der Waals surface area contributed by atoms with Crippen molar-refractivity contribution in [2.45, 2.75) is 29.5 Å². The number of carbonyl (C=O) groups is 1. The van der Waals surface area contributed by atoms with E-state index in [-0.39, 0.29) is 18.6 Å². The van der Waals surface area contributed by atoms with Gasteiger partial charge in [0.1, 0.15) is 4.21 Å². The van der Waals surface area contributed by atoms with Crippen molar-refractivity contribution in [1.29, 1.82) is 0 Å². The number of urea groups is 1. The number of benzene rings is 1. The van der Waals surface area contributed by atoms with E-state index >= 15 is 0 Å². The molecule has 140 valence electrons. The van der Waals surface area contributed by atoms with Crippen LogP contribution in [0.25, 0.3) is 0 Å². The summed E-state index contributed by atoms with van der Waals surface area (Å²) in [5.41, 5.74) is 0.696. The molecule has 0 radical (unpaired) electrons. The van der Waals surface area contributed by atoms with Crippen LogP contribution in [0.15, 0.2) is 50.5 Å². The molecule has 6 nitrogen and oxygen atoms in total. The van der Waals surface area contributed by atoms with Crippen LogP contribution in [0, 0.1) is 0 Å². The first-order valence-electron chi connectivity index (χ1n) is 8.34. The molecule has 2 heterocycles. The Morgan fingerprint density at radius 1 is 1.19 bits per heavy atom. The van der Waals surface area contributed by atoms with E-state index in [1.54, 1.807) is 24.3 Å². The van der Waals surface area contributed by atoms with Crippen LogP contribution in [0.5, 0.6) is 0 Å². The number of nitrogens with one attached hydrogen (secondary N) is 2. The molecule has 2 N–H and O–H groups in total. The molecule has 0 saturated carbocycles. The normalized spacial score (nSPS) is 18.4. The second kappa shape index (κ2) is 8.51. The summed E-state index contributed by atoms with van der Waals surface area (Å²) < 4.78 is 28.5. The van der Waals surface area contributed by atoms with Gasteiger partial charge in [-0.05, 0) is 53.0 Å². The summed E-state index contributed by atoms with van der Waals surface area (Å²) in [5.74, 6) is 0. The van der Waals surface area contributed by atoms with Crippen molar-refractivity contribution in [3.63, 3.8) is 0 Å². The Morgan fingerprint density at radius 2 is 1.96 bits per heavy atom. The average molecular weight is 458 g/mol. The van der Waals surface area contributed by atoms with Crippen LogP contribution < -0.4 is 10.6 Å². The summed E-state index contributed by atoms with van der Waals surface area (Å²) in [4.78, 5) is 12.1. The van der Waals surface area contributed by atoms with Crippen LogP contribution in [-0.4, -0.2) is 37.9 Å². The van der Waals surface area contributed by atoms with Crippen molar-refractivity contribution >= 4 is 49.0 Å². The lowest BCUT2D eigenvalue weighted by Crippen LogP contribution is -2.49. The van der Waals surface area contributed by atoms with Crippen LogP contribution in [0.3, 0.4) is 0 Å². The Bertz CT molecular complexity index is 855. The van der Waals surface area contributed by atoms with Gasteiger partial charge < -0.3 is 10.6 Å². The Balaban J connectivity index is 1.65. The smallest absolute Gasteiger partial charge is 0.319 e. The fourth-order valence-corrected chi connectivity index (χ4v) is 6.79. The zero-order valence-electron chi connectivity index (χ0n) is 14.0. The SMILES string of the molecule is O=C(NCC1CCCCN1S(=O)(=O)c1ccc(Br)s1)Nc1ccccc1. The van der Waals surface area contributed by atoms with Gasteiger partial charge in [0, 0.05) is 24.8 Å². The number of thiophene rings is 1. The Labute approximate surface area is 165 Å². The zero-order valence-corrected chi connectivity index (χ0v) is 17.2. The lowest BCUT2D eigenvalue weighted by molar-refractivity contribution is 0.231. The lowest BCUT2D eigenvalue weighted by Gasteiger charge is -2.34. The first kappa shape index (κ1) is 19.3. The summed E-state index contributed by atoms with van der Waals surface area (Å²) in [6.07, 6.45) is 2.52. The number of para-hydroxylation sites is 1. The molecule has 9 heteroatoms. The molecular formula is C17H20BrN3O3S2. The quantitative estimate of drug-likeness (QED) is 0.714. The van der Waals surface area contributed by atoms with Gasteiger partial charge in [-0.15, -0.1) is 11.3 Å². The van der Waals surface area contributed by atoms with E-state index in [9.17, 15) is 13.2 Å². The minimum Gasteiger partial charge on any atom is -0.336 e. The fraction of sp³-hybridized carbons (Fsp3) is 0.353. The van der Waals surface area contributed by atoms with Crippen LogP contribution in [0.1, 0.15) is 19.3 Å². The highest BCUT2D eigenvalue weighted by Crippen LogP contribution is 2.31. The average Bonchev–Trinajstić information content (AvgIpc) is 3.08. The van der Waals surface area contributed by atoms with Gasteiger partial charge in [0.2, 0.25) is 0 Å². The van der Waals surface area contributed by atoms with Crippen LogP contribution in [-0.2, 0) is 10.0 Å². The molecule has 1 saturated heterocycles. The number of amides is 2. The van der Waals surface area contributed by atoms with E-state index in [1.165, 1.54) is 15.6 Å². The van der Waals surface area contributed by atoms with E-state index in [2.05, 4.69) is 26.6 Å². The maximum Gasteiger partial charge on any atom is 0.319 e. The molecule has 0 spiro atoms. The van der Waals surface area contributed by atoms with Gasteiger partial charge in [-0.1, -0.05) is 24.6 Å². The Morgan fingerprint density at radius 3 is 2.65 bits per heavy atom. The van der Waals surface area contributed by atoms with Gasteiger partial charge in [0.05, 0.1) is 3.79 Å². The highest BCUT2D eigenvalue weighted by molar-refractivity contribution is 9.11. The molecule has 2 amide bonds. The molecule has 3 rings (SSSR count). The van der Waals surface area contributed by atoms with E-state index < -0.39 is 10.0 Å². The topological polar surface area (TPSA) is 78.5 Å². The molecule has 1 aliphatic heterocycles. The van der Waals surface area contributed by atoms with Gasteiger partial charge in [0.15, 0.2) is 0 Å². The lowest BCUT2D eigenvalue weighted by atomic mass is 10.1. The molecular weight excluding hydrogens is 438 g/mol. The highest BCUT2D eigenvalue weighted by atomic mass is 79.9. The molecule has 1 aliphatic rings. The number of rotatable bonds is 5. The van der Waals surface area contributed by atoms with Gasteiger partial charge in [-0.3, -0.25) is 0 Å². The second-order valence-corrected chi connectivity index (χ2v) is 10.6. The molecule has 0 bridgehead atoms. The minimum absolute atomic E-state index is 0.240. The monoisotopic (exact) mass is 457 g/mol. The predicted octanol–water partition coefficient (Wildman–Crippen LogP) is 3.88. The molecule has 2 aromatic rings. The molecule has 0 aliphatic carbocycles. The third-order valence-electron chi connectivity index (χ3n) is 4.21. The number of nitrogens with zero attached hydrogens (tertiary/aromatic N) is 1. The number of hydrogen-bond donors (Lipinski definition) is 2. The number of carbonyl (C=O) groups excluding carboxylic acids is 1. The maximum atomic E-state index is 12.9. The van der Waals surface area contributed by atoms with Crippen LogP contribution >= 0.6 is 27.3 Å². The summed E-state index contributed by atoms with van der Waals surface area (Å²) in [5, 5.41) is 5.55. The third-order valence-corrected chi connectivity index (χ3v) is 8.26. The number of halogens is 1. The van der Waals surface area contributed by atoms with Gasteiger partial charge >= 0.3 is 6.03 Å². The maximum absolute atomic E-state index is 12.9. The highest BCUT2D eigenvalue weighted by Gasteiger charge is 2.34. The number of piperidine rings is 1.